The standard InChI is InChI=1S/C9H14N2O2S2/c10-15(12,13)11-4-1-8(2-5-11)9-3-6-14-7-9/h3,6-8H,1-2,4-5H2,(H2,10,12,13). The summed E-state index contributed by atoms with van der Waals surface area (Å²) in [6, 6.07) is 2.11. The zero-order valence-corrected chi connectivity index (χ0v) is 9.93. The summed E-state index contributed by atoms with van der Waals surface area (Å²) in [5.41, 5.74) is 1.33. The van der Waals surface area contributed by atoms with Crippen LogP contribution in [0.25, 0.3) is 0 Å². The van der Waals surface area contributed by atoms with E-state index < -0.39 is 10.2 Å². The van der Waals surface area contributed by atoms with E-state index in [9.17, 15) is 8.42 Å². The molecular weight excluding hydrogens is 232 g/mol. The largest absolute Gasteiger partial charge is 0.276 e. The second-order valence-electron chi connectivity index (χ2n) is 3.77. The van der Waals surface area contributed by atoms with Gasteiger partial charge < -0.3 is 0 Å². The topological polar surface area (TPSA) is 63.4 Å². The second kappa shape index (κ2) is 4.21. The predicted octanol–water partition coefficient (Wildman–Crippen LogP) is 1.13. The third-order valence-corrected chi connectivity index (χ3v) is 4.61. The van der Waals surface area contributed by atoms with Crippen molar-refractivity contribution in [3.8, 4) is 0 Å². The highest BCUT2D eigenvalue weighted by molar-refractivity contribution is 7.86. The second-order valence-corrected chi connectivity index (χ2v) is 6.10. The fraction of sp³-hybridized carbons (Fsp3) is 0.556. The van der Waals surface area contributed by atoms with Crippen molar-refractivity contribution in [1.29, 1.82) is 0 Å². The van der Waals surface area contributed by atoms with Gasteiger partial charge in [0, 0.05) is 13.1 Å². The third-order valence-electron chi connectivity index (χ3n) is 2.83. The van der Waals surface area contributed by atoms with Crippen LogP contribution in [0.3, 0.4) is 0 Å². The molecule has 1 aromatic rings. The van der Waals surface area contributed by atoms with E-state index in [2.05, 4.69) is 16.8 Å². The number of nitrogens with two attached hydrogens (primary N) is 1. The van der Waals surface area contributed by atoms with Crippen LogP contribution in [0.2, 0.25) is 0 Å². The van der Waals surface area contributed by atoms with Crippen LogP contribution in [0, 0.1) is 0 Å². The summed E-state index contributed by atoms with van der Waals surface area (Å²) in [5.74, 6) is 0.495. The van der Waals surface area contributed by atoms with Crippen molar-refractivity contribution in [1.82, 2.24) is 4.31 Å². The summed E-state index contributed by atoms with van der Waals surface area (Å²) in [6.45, 7) is 1.08. The maximum Gasteiger partial charge on any atom is 0.276 e. The lowest BCUT2D eigenvalue weighted by Crippen LogP contribution is -2.41. The van der Waals surface area contributed by atoms with Crippen LogP contribution in [0.15, 0.2) is 16.8 Å². The van der Waals surface area contributed by atoms with Gasteiger partial charge in [0.25, 0.3) is 10.2 Å². The normalized spacial score (nSPS) is 20.6. The average Bonchev–Trinajstić information content (AvgIpc) is 2.69. The monoisotopic (exact) mass is 246 g/mol. The molecule has 0 saturated carbocycles. The zero-order chi connectivity index (χ0) is 10.9. The van der Waals surface area contributed by atoms with Crippen LogP contribution in [-0.4, -0.2) is 25.8 Å². The molecule has 0 aromatic carbocycles. The Bertz CT molecular complexity index is 405. The van der Waals surface area contributed by atoms with Crippen molar-refractivity contribution in [2.45, 2.75) is 18.8 Å². The van der Waals surface area contributed by atoms with E-state index in [-0.39, 0.29) is 0 Å². The van der Waals surface area contributed by atoms with Gasteiger partial charge >= 0.3 is 0 Å². The molecule has 15 heavy (non-hydrogen) atoms. The molecule has 0 spiro atoms. The molecule has 0 bridgehead atoms. The number of hydrogen-bond donors (Lipinski definition) is 1. The Morgan fingerprint density at radius 2 is 2.07 bits per heavy atom. The first-order valence-electron chi connectivity index (χ1n) is 4.87. The SMILES string of the molecule is NS(=O)(=O)N1CCC(c2ccsc2)CC1. The van der Waals surface area contributed by atoms with Gasteiger partial charge in [0.2, 0.25) is 0 Å². The molecule has 2 heterocycles. The number of thiophene rings is 1. The molecule has 0 aliphatic carbocycles. The Morgan fingerprint density at radius 3 is 2.53 bits per heavy atom. The number of nitrogens with zero attached hydrogens (tertiary/aromatic N) is 1. The van der Waals surface area contributed by atoms with Crippen LogP contribution in [0.4, 0.5) is 0 Å². The van der Waals surface area contributed by atoms with Crippen LogP contribution in [-0.2, 0) is 10.2 Å². The van der Waals surface area contributed by atoms with Crippen molar-refractivity contribution in [2.75, 3.05) is 13.1 Å². The Labute approximate surface area is 93.9 Å². The molecule has 0 radical (unpaired) electrons. The van der Waals surface area contributed by atoms with Crippen LogP contribution >= 0.6 is 11.3 Å². The smallest absolute Gasteiger partial charge is 0.216 e. The first-order chi connectivity index (χ1) is 7.07. The lowest BCUT2D eigenvalue weighted by atomic mass is 9.92. The molecule has 1 aromatic heterocycles. The van der Waals surface area contributed by atoms with E-state index in [0.29, 0.717) is 19.0 Å². The van der Waals surface area contributed by atoms with Gasteiger partial charge in [0.1, 0.15) is 0 Å². The van der Waals surface area contributed by atoms with Gasteiger partial charge in [-0.25, -0.2) is 5.14 Å². The third kappa shape index (κ3) is 2.57. The van der Waals surface area contributed by atoms with Gasteiger partial charge in [-0.15, -0.1) is 0 Å². The Balaban J connectivity index is 1.99. The summed E-state index contributed by atoms with van der Waals surface area (Å²) in [5, 5.41) is 9.27. The van der Waals surface area contributed by atoms with Gasteiger partial charge in [-0.2, -0.15) is 24.1 Å². The first kappa shape index (κ1) is 11.1. The molecule has 2 N–H and O–H groups in total. The van der Waals surface area contributed by atoms with Gasteiger partial charge in [-0.3, -0.25) is 0 Å². The van der Waals surface area contributed by atoms with Crippen LogP contribution in [0.1, 0.15) is 24.3 Å². The van der Waals surface area contributed by atoms with Crippen molar-refractivity contribution in [2.24, 2.45) is 5.14 Å². The van der Waals surface area contributed by atoms with Gasteiger partial charge in [0.05, 0.1) is 0 Å². The molecule has 0 unspecified atom stereocenters. The molecule has 84 valence electrons. The molecule has 1 aliphatic rings. The van der Waals surface area contributed by atoms with E-state index in [1.165, 1.54) is 9.87 Å². The summed E-state index contributed by atoms with van der Waals surface area (Å²) in [4.78, 5) is 0. The predicted molar refractivity (Wildman–Crippen MR) is 61.0 cm³/mol. The molecule has 1 fully saturated rings. The highest BCUT2D eigenvalue weighted by atomic mass is 32.2. The summed E-state index contributed by atoms with van der Waals surface area (Å²) >= 11 is 1.68. The lowest BCUT2D eigenvalue weighted by Gasteiger charge is -2.29. The first-order valence-corrected chi connectivity index (χ1v) is 7.32. The zero-order valence-electron chi connectivity index (χ0n) is 8.30. The van der Waals surface area contributed by atoms with E-state index in [0.717, 1.165) is 12.8 Å². The highest BCUT2D eigenvalue weighted by Crippen LogP contribution is 2.29. The van der Waals surface area contributed by atoms with Crippen LogP contribution < -0.4 is 5.14 Å². The minimum absolute atomic E-state index is 0.495. The molecule has 2 rings (SSSR count). The maximum atomic E-state index is 11.1. The molecule has 4 nitrogen and oxygen atoms in total. The minimum atomic E-state index is -3.48. The molecule has 1 aliphatic heterocycles. The van der Waals surface area contributed by atoms with Crippen molar-refractivity contribution < 1.29 is 8.42 Å². The number of hydrogen-bond acceptors (Lipinski definition) is 3. The van der Waals surface area contributed by atoms with Crippen molar-refractivity contribution in [3.63, 3.8) is 0 Å². The maximum absolute atomic E-state index is 11.1. The molecule has 0 amide bonds. The Hall–Kier alpha value is -0.430. The lowest BCUT2D eigenvalue weighted by molar-refractivity contribution is 0.320. The Morgan fingerprint density at radius 1 is 1.40 bits per heavy atom. The fourth-order valence-electron chi connectivity index (χ4n) is 1.95. The van der Waals surface area contributed by atoms with Crippen LogP contribution in [0.5, 0.6) is 0 Å². The fourth-order valence-corrected chi connectivity index (χ4v) is 3.41. The van der Waals surface area contributed by atoms with E-state index >= 15 is 0 Å². The van der Waals surface area contributed by atoms with Crippen molar-refractivity contribution >= 4 is 21.5 Å². The molecule has 0 atom stereocenters. The minimum Gasteiger partial charge on any atom is -0.216 e. The Kier molecular flexibility index (Phi) is 3.11. The van der Waals surface area contributed by atoms with E-state index in [1.807, 2.05) is 0 Å². The summed E-state index contributed by atoms with van der Waals surface area (Å²) in [6.07, 6.45) is 1.74. The van der Waals surface area contributed by atoms with Gasteiger partial charge in [0.15, 0.2) is 0 Å². The average molecular weight is 246 g/mol. The summed E-state index contributed by atoms with van der Waals surface area (Å²) in [7, 11) is -3.48. The number of piperidine rings is 1. The quantitative estimate of drug-likeness (QED) is 0.850. The van der Waals surface area contributed by atoms with Gasteiger partial charge in [-0.05, 0) is 41.1 Å². The summed E-state index contributed by atoms with van der Waals surface area (Å²) < 4.78 is 23.5. The molecular formula is C9H14N2O2S2. The number of rotatable bonds is 2. The van der Waals surface area contributed by atoms with E-state index in [1.54, 1.807) is 11.3 Å². The van der Waals surface area contributed by atoms with Crippen molar-refractivity contribution in [3.05, 3.63) is 22.4 Å². The van der Waals surface area contributed by atoms with Gasteiger partial charge in [-0.1, -0.05) is 0 Å². The highest BCUT2D eigenvalue weighted by Gasteiger charge is 2.26. The molecule has 6 heteroatoms. The molecule has 1 saturated heterocycles. The van der Waals surface area contributed by atoms with E-state index in [4.69, 9.17) is 5.14 Å².